The molecule has 1 aliphatic heterocycles. The van der Waals surface area contributed by atoms with Crippen molar-refractivity contribution in [3.8, 4) is 11.3 Å². The summed E-state index contributed by atoms with van der Waals surface area (Å²) in [7, 11) is 0. The Bertz CT molecular complexity index is 1350. The van der Waals surface area contributed by atoms with Gasteiger partial charge in [-0.3, -0.25) is 9.59 Å². The lowest BCUT2D eigenvalue weighted by atomic mass is 10.0. The van der Waals surface area contributed by atoms with Crippen LogP contribution in [0.1, 0.15) is 35.3 Å². The van der Waals surface area contributed by atoms with Crippen LogP contribution in [0.3, 0.4) is 0 Å². The first kappa shape index (κ1) is 25.3. The van der Waals surface area contributed by atoms with Crippen molar-refractivity contribution in [1.29, 1.82) is 0 Å². The van der Waals surface area contributed by atoms with Gasteiger partial charge in [0.2, 0.25) is 5.91 Å². The number of rotatable bonds is 4. The van der Waals surface area contributed by atoms with E-state index in [9.17, 15) is 31.5 Å². The van der Waals surface area contributed by atoms with E-state index in [4.69, 9.17) is 5.73 Å². The SMILES string of the molecule is Cc1c(F)cc(-c2cc(C(F)(F)F)c3c(N)ncnn23)cc1C(=O)N[C@@H]1CN(C(=O)C(C)C)C[C@@H]1F. The van der Waals surface area contributed by atoms with Crippen LogP contribution >= 0.6 is 0 Å². The smallest absolute Gasteiger partial charge is 0.382 e. The van der Waals surface area contributed by atoms with E-state index in [1.807, 2.05) is 0 Å². The molecule has 0 aliphatic carbocycles. The van der Waals surface area contributed by atoms with Crippen molar-refractivity contribution in [2.24, 2.45) is 5.92 Å². The van der Waals surface area contributed by atoms with Crippen LogP contribution in [0.25, 0.3) is 16.8 Å². The molecule has 1 aromatic carbocycles. The van der Waals surface area contributed by atoms with Gasteiger partial charge in [-0.1, -0.05) is 13.8 Å². The number of halogens is 5. The average molecular weight is 510 g/mol. The lowest BCUT2D eigenvalue weighted by Gasteiger charge is -2.19. The summed E-state index contributed by atoms with van der Waals surface area (Å²) in [5.41, 5.74) is 3.51. The summed E-state index contributed by atoms with van der Waals surface area (Å²) >= 11 is 0. The third-order valence-corrected chi connectivity index (χ3v) is 6.14. The van der Waals surface area contributed by atoms with Gasteiger partial charge in [0.1, 0.15) is 23.8 Å². The molecule has 0 saturated carbocycles. The summed E-state index contributed by atoms with van der Waals surface area (Å²) in [5.74, 6) is -2.73. The zero-order valence-electron chi connectivity index (χ0n) is 19.5. The molecular formula is C23H23F5N6O2. The maximum Gasteiger partial charge on any atom is 0.418 e. The van der Waals surface area contributed by atoms with Crippen molar-refractivity contribution in [3.63, 3.8) is 0 Å². The van der Waals surface area contributed by atoms with Crippen LogP contribution < -0.4 is 11.1 Å². The number of nitrogens with zero attached hydrogens (tertiary/aromatic N) is 4. The fourth-order valence-corrected chi connectivity index (χ4v) is 4.24. The molecule has 2 atom stereocenters. The number of nitrogens with two attached hydrogens (primary N) is 1. The highest BCUT2D eigenvalue weighted by Gasteiger charge is 2.38. The number of benzene rings is 1. The number of likely N-dealkylation sites (tertiary alicyclic amines) is 1. The molecule has 0 bridgehead atoms. The Kier molecular flexibility index (Phi) is 6.35. The summed E-state index contributed by atoms with van der Waals surface area (Å²) in [6, 6.07) is 1.90. The molecular weight excluding hydrogens is 487 g/mol. The van der Waals surface area contributed by atoms with Crippen molar-refractivity contribution in [3.05, 3.63) is 47.0 Å². The number of nitrogen functional groups attached to an aromatic ring is 1. The molecule has 192 valence electrons. The minimum atomic E-state index is -4.80. The molecule has 3 heterocycles. The first-order chi connectivity index (χ1) is 16.8. The number of carbonyl (C=O) groups excluding carboxylic acids is 2. The van der Waals surface area contributed by atoms with Gasteiger partial charge in [-0.2, -0.15) is 18.3 Å². The van der Waals surface area contributed by atoms with Gasteiger partial charge < -0.3 is 16.0 Å². The number of hydrogen-bond donors (Lipinski definition) is 2. The molecule has 0 unspecified atom stereocenters. The normalized spacial score (nSPS) is 18.3. The van der Waals surface area contributed by atoms with Gasteiger partial charge in [-0.05, 0) is 30.7 Å². The number of amides is 2. The van der Waals surface area contributed by atoms with Crippen molar-refractivity contribution >= 4 is 23.1 Å². The van der Waals surface area contributed by atoms with E-state index < -0.39 is 47.0 Å². The standard InChI is InChI=1S/C23H23F5N6O2/c1-10(2)22(36)33-7-16(25)17(8-33)32-21(35)13-4-12(5-15(24)11(13)3)18-6-14(23(26,27)28)19-20(29)30-9-31-34(18)19/h4-6,9-10,16-17H,7-8H2,1-3H3,(H,32,35)(H2,29,30,31)/t16-,17+/m0/s1. The average Bonchev–Trinajstić information content (AvgIpc) is 3.36. The van der Waals surface area contributed by atoms with Gasteiger partial charge in [0.15, 0.2) is 5.82 Å². The van der Waals surface area contributed by atoms with Crippen LogP contribution in [-0.2, 0) is 11.0 Å². The molecule has 13 heteroatoms. The van der Waals surface area contributed by atoms with Crippen molar-refractivity contribution in [1.82, 2.24) is 24.8 Å². The van der Waals surface area contributed by atoms with Gasteiger partial charge in [-0.25, -0.2) is 18.3 Å². The van der Waals surface area contributed by atoms with E-state index in [0.717, 1.165) is 23.0 Å². The Labute approximate surface area is 202 Å². The summed E-state index contributed by atoms with van der Waals surface area (Å²) in [5, 5.41) is 6.31. The van der Waals surface area contributed by atoms with E-state index in [1.54, 1.807) is 13.8 Å². The minimum absolute atomic E-state index is 0.0559. The summed E-state index contributed by atoms with van der Waals surface area (Å²) in [6.07, 6.45) is -5.38. The fourth-order valence-electron chi connectivity index (χ4n) is 4.24. The van der Waals surface area contributed by atoms with Gasteiger partial charge in [0.25, 0.3) is 5.91 Å². The summed E-state index contributed by atoms with van der Waals surface area (Å²) in [4.78, 5) is 30.1. The minimum Gasteiger partial charge on any atom is -0.382 e. The maximum absolute atomic E-state index is 14.9. The highest BCUT2D eigenvalue weighted by Crippen LogP contribution is 2.39. The fraction of sp³-hybridized carbons (Fsp3) is 0.391. The van der Waals surface area contributed by atoms with Crippen LogP contribution in [0.15, 0.2) is 24.5 Å². The Morgan fingerprint density at radius 1 is 1.19 bits per heavy atom. The van der Waals surface area contributed by atoms with Crippen LogP contribution in [0.5, 0.6) is 0 Å². The van der Waals surface area contributed by atoms with E-state index in [0.29, 0.717) is 0 Å². The second kappa shape index (κ2) is 9.03. The molecule has 1 fully saturated rings. The number of nitrogens with one attached hydrogen (secondary N) is 1. The maximum atomic E-state index is 14.9. The molecule has 4 rings (SSSR count). The molecule has 2 aromatic heterocycles. The lowest BCUT2D eigenvalue weighted by Crippen LogP contribution is -2.42. The highest BCUT2D eigenvalue weighted by molar-refractivity contribution is 5.97. The van der Waals surface area contributed by atoms with E-state index in [2.05, 4.69) is 15.4 Å². The summed E-state index contributed by atoms with van der Waals surface area (Å²) in [6.45, 7) is 4.43. The Hall–Kier alpha value is -3.77. The van der Waals surface area contributed by atoms with Crippen molar-refractivity contribution < 1.29 is 31.5 Å². The Morgan fingerprint density at radius 3 is 2.53 bits per heavy atom. The van der Waals surface area contributed by atoms with Crippen LogP contribution in [0, 0.1) is 18.7 Å². The van der Waals surface area contributed by atoms with Gasteiger partial charge >= 0.3 is 6.18 Å². The number of fused-ring (bicyclic) bond motifs is 1. The molecule has 0 radical (unpaired) electrons. The predicted molar refractivity (Wildman–Crippen MR) is 120 cm³/mol. The third kappa shape index (κ3) is 4.44. The zero-order valence-corrected chi connectivity index (χ0v) is 19.5. The van der Waals surface area contributed by atoms with Crippen molar-refractivity contribution in [2.75, 3.05) is 18.8 Å². The topological polar surface area (TPSA) is 106 Å². The largest absolute Gasteiger partial charge is 0.418 e. The Morgan fingerprint density at radius 2 is 1.89 bits per heavy atom. The van der Waals surface area contributed by atoms with Crippen molar-refractivity contribution in [2.45, 2.75) is 39.2 Å². The molecule has 2 amide bonds. The van der Waals surface area contributed by atoms with Gasteiger partial charge in [-0.15, -0.1) is 0 Å². The number of anilines is 1. The van der Waals surface area contributed by atoms with E-state index in [1.165, 1.54) is 17.9 Å². The molecule has 8 nitrogen and oxygen atoms in total. The lowest BCUT2D eigenvalue weighted by molar-refractivity contribution is -0.136. The summed E-state index contributed by atoms with van der Waals surface area (Å²) < 4.78 is 71.3. The quantitative estimate of drug-likeness (QED) is 0.524. The molecule has 36 heavy (non-hydrogen) atoms. The van der Waals surface area contributed by atoms with Gasteiger partial charge in [0, 0.05) is 23.6 Å². The second-order valence-electron chi connectivity index (χ2n) is 8.97. The first-order valence-corrected chi connectivity index (χ1v) is 11.0. The van der Waals surface area contributed by atoms with E-state index in [-0.39, 0.29) is 47.3 Å². The molecule has 1 saturated heterocycles. The number of carbonyl (C=O) groups is 2. The first-order valence-electron chi connectivity index (χ1n) is 11.0. The number of hydrogen-bond acceptors (Lipinski definition) is 5. The molecule has 3 N–H and O–H groups in total. The van der Waals surface area contributed by atoms with Crippen LogP contribution in [-0.4, -0.2) is 56.6 Å². The highest BCUT2D eigenvalue weighted by atomic mass is 19.4. The zero-order chi connectivity index (χ0) is 26.5. The van der Waals surface area contributed by atoms with Crippen LogP contribution in [0.4, 0.5) is 27.8 Å². The molecule has 3 aromatic rings. The van der Waals surface area contributed by atoms with Gasteiger partial charge in [0.05, 0.1) is 23.8 Å². The number of aromatic nitrogens is 3. The Balaban J connectivity index is 1.71. The molecule has 0 spiro atoms. The monoisotopic (exact) mass is 510 g/mol. The molecule has 1 aliphatic rings. The third-order valence-electron chi connectivity index (χ3n) is 6.14. The predicted octanol–water partition coefficient (Wildman–Crippen LogP) is 3.38. The van der Waals surface area contributed by atoms with Crippen LogP contribution in [0.2, 0.25) is 0 Å². The number of alkyl halides is 4. The van der Waals surface area contributed by atoms with E-state index >= 15 is 0 Å². The second-order valence-corrected chi connectivity index (χ2v) is 8.97.